The first kappa shape index (κ1) is 21.5. The summed E-state index contributed by atoms with van der Waals surface area (Å²) >= 11 is 0. The number of anilines is 1. The van der Waals surface area contributed by atoms with E-state index in [9.17, 15) is 18.0 Å². The first-order chi connectivity index (χ1) is 15.9. The average molecular weight is 452 g/mol. The number of benzene rings is 3. The number of amides is 1. The molecule has 2 aliphatic heterocycles. The van der Waals surface area contributed by atoms with Crippen molar-refractivity contribution in [1.82, 2.24) is 4.90 Å². The lowest BCUT2D eigenvalue weighted by atomic mass is 9.87. The van der Waals surface area contributed by atoms with Crippen LogP contribution in [-0.2, 0) is 15.7 Å². The maximum absolute atomic E-state index is 13.9. The van der Waals surface area contributed by atoms with E-state index in [1.165, 1.54) is 12.1 Å². The van der Waals surface area contributed by atoms with Crippen molar-refractivity contribution < 1.29 is 22.7 Å². The molecule has 1 unspecified atom stereocenters. The van der Waals surface area contributed by atoms with E-state index in [0.29, 0.717) is 18.7 Å². The third-order valence-corrected chi connectivity index (χ3v) is 6.37. The second kappa shape index (κ2) is 8.56. The molecule has 0 bridgehead atoms. The summed E-state index contributed by atoms with van der Waals surface area (Å²) in [6.45, 7) is 0.362. The first-order valence-electron chi connectivity index (χ1n) is 10.9. The maximum Gasteiger partial charge on any atom is 0.416 e. The Morgan fingerprint density at radius 2 is 1.55 bits per heavy atom. The number of hydrogen-bond acceptors (Lipinski definition) is 3. The molecule has 0 radical (unpaired) electrons. The predicted molar refractivity (Wildman–Crippen MR) is 118 cm³/mol. The van der Waals surface area contributed by atoms with Gasteiger partial charge in [-0.3, -0.25) is 4.79 Å². The van der Waals surface area contributed by atoms with Crippen LogP contribution in [-0.4, -0.2) is 23.5 Å². The molecule has 7 heteroatoms. The zero-order valence-corrected chi connectivity index (χ0v) is 17.7. The topological polar surface area (TPSA) is 41.6 Å². The van der Waals surface area contributed by atoms with Crippen molar-refractivity contribution in [2.75, 3.05) is 11.9 Å². The summed E-state index contributed by atoms with van der Waals surface area (Å²) in [5.41, 5.74) is 0.868. The number of ether oxygens (including phenoxy) is 1. The number of rotatable bonds is 5. The fraction of sp³-hybridized carbons (Fsp3) is 0.269. The Balaban J connectivity index is 1.53. The van der Waals surface area contributed by atoms with E-state index in [4.69, 9.17) is 4.74 Å². The molecule has 2 heterocycles. The number of carbonyl (C=O) groups is 1. The van der Waals surface area contributed by atoms with Gasteiger partial charge in [0.1, 0.15) is 0 Å². The third kappa shape index (κ3) is 4.09. The maximum atomic E-state index is 13.9. The molecule has 0 aromatic heterocycles. The molecule has 0 spiro atoms. The van der Waals surface area contributed by atoms with Gasteiger partial charge in [-0.05, 0) is 30.2 Å². The van der Waals surface area contributed by atoms with Gasteiger partial charge in [-0.2, -0.15) is 13.2 Å². The molecule has 170 valence electrons. The molecule has 0 aliphatic carbocycles. The number of para-hydroxylation sites is 1. The summed E-state index contributed by atoms with van der Waals surface area (Å²) in [4.78, 5) is 15.4. The molecule has 1 amide bonds. The van der Waals surface area contributed by atoms with Crippen molar-refractivity contribution in [2.24, 2.45) is 5.92 Å². The smallest absolute Gasteiger partial charge is 0.377 e. The second-order valence-corrected chi connectivity index (χ2v) is 8.41. The van der Waals surface area contributed by atoms with Crippen LogP contribution < -0.4 is 5.32 Å². The van der Waals surface area contributed by atoms with E-state index in [1.54, 1.807) is 23.1 Å². The largest absolute Gasteiger partial charge is 0.416 e. The van der Waals surface area contributed by atoms with Crippen LogP contribution in [0.4, 0.5) is 18.9 Å². The van der Waals surface area contributed by atoms with Crippen LogP contribution in [0.1, 0.15) is 35.4 Å². The van der Waals surface area contributed by atoms with Gasteiger partial charge < -0.3 is 15.0 Å². The van der Waals surface area contributed by atoms with Crippen molar-refractivity contribution in [1.29, 1.82) is 0 Å². The number of hydrogen-bond donors (Lipinski definition) is 1. The number of fused-ring (bicyclic) bond motifs is 1. The average Bonchev–Trinajstić information content (AvgIpc) is 3.38. The highest BCUT2D eigenvalue weighted by Gasteiger charge is 2.51. The van der Waals surface area contributed by atoms with Gasteiger partial charge in [-0.15, -0.1) is 0 Å². The highest BCUT2D eigenvalue weighted by atomic mass is 19.4. The first-order valence-corrected chi connectivity index (χ1v) is 10.9. The summed E-state index contributed by atoms with van der Waals surface area (Å²) in [7, 11) is 0. The summed E-state index contributed by atoms with van der Waals surface area (Å²) < 4.78 is 47.6. The van der Waals surface area contributed by atoms with Gasteiger partial charge in [-0.25, -0.2) is 0 Å². The Kier molecular flexibility index (Phi) is 5.58. The number of nitrogens with zero attached hydrogens (tertiary/aromatic N) is 1. The SMILES string of the molecule is O=C1[C@H]([C@H](Nc2ccccc2)c2ccccc2C(F)(F)F)CC2CO[C@H](c3ccccc3)N12. The summed E-state index contributed by atoms with van der Waals surface area (Å²) in [5.74, 6) is -0.856. The fourth-order valence-electron chi connectivity index (χ4n) is 4.91. The van der Waals surface area contributed by atoms with Crippen LogP contribution in [0.25, 0.3) is 0 Å². The van der Waals surface area contributed by atoms with Crippen LogP contribution in [0.3, 0.4) is 0 Å². The minimum atomic E-state index is -4.53. The molecule has 3 aromatic rings. The van der Waals surface area contributed by atoms with E-state index in [2.05, 4.69) is 5.32 Å². The molecular weight excluding hydrogens is 429 g/mol. The molecule has 4 nitrogen and oxygen atoms in total. The van der Waals surface area contributed by atoms with Crippen LogP contribution in [0, 0.1) is 5.92 Å². The highest BCUT2D eigenvalue weighted by molar-refractivity contribution is 5.84. The molecule has 3 aromatic carbocycles. The molecule has 2 fully saturated rings. The lowest BCUT2D eigenvalue weighted by Gasteiger charge is -2.29. The summed E-state index contributed by atoms with van der Waals surface area (Å²) in [6, 6.07) is 23.0. The molecule has 2 aliphatic rings. The van der Waals surface area contributed by atoms with E-state index >= 15 is 0 Å². The van der Waals surface area contributed by atoms with Crippen LogP contribution in [0.15, 0.2) is 84.9 Å². The summed E-state index contributed by atoms with van der Waals surface area (Å²) in [5, 5.41) is 3.24. The fourth-order valence-corrected chi connectivity index (χ4v) is 4.91. The minimum Gasteiger partial charge on any atom is -0.377 e. The number of carbonyl (C=O) groups excluding carboxylic acids is 1. The lowest BCUT2D eigenvalue weighted by Crippen LogP contribution is -2.35. The van der Waals surface area contributed by atoms with Crippen LogP contribution in [0.5, 0.6) is 0 Å². The number of alkyl halides is 3. The Morgan fingerprint density at radius 3 is 2.24 bits per heavy atom. The van der Waals surface area contributed by atoms with E-state index < -0.39 is 29.9 Å². The lowest BCUT2D eigenvalue weighted by molar-refractivity contribution is -0.140. The monoisotopic (exact) mass is 452 g/mol. The number of nitrogens with one attached hydrogen (secondary N) is 1. The van der Waals surface area contributed by atoms with E-state index in [0.717, 1.165) is 11.6 Å². The standard InChI is InChI=1S/C26H23F3N2O2/c27-26(28,29)22-14-8-7-13-20(22)23(30-18-11-5-2-6-12-18)21-15-19-16-33-25(31(19)24(21)32)17-9-3-1-4-10-17/h1-14,19,21,23,25,30H,15-16H2/t19?,21-,23+,25+/m0/s1. The Morgan fingerprint density at radius 1 is 0.909 bits per heavy atom. The normalized spacial score (nSPS) is 23.4. The minimum absolute atomic E-state index is 0.0746. The predicted octanol–water partition coefficient (Wildman–Crippen LogP) is 5.80. The quantitative estimate of drug-likeness (QED) is 0.532. The van der Waals surface area contributed by atoms with Gasteiger partial charge in [0, 0.05) is 11.3 Å². The van der Waals surface area contributed by atoms with Gasteiger partial charge in [0.25, 0.3) is 0 Å². The third-order valence-electron chi connectivity index (χ3n) is 6.37. The molecule has 4 atom stereocenters. The molecule has 0 saturated carbocycles. The Bertz CT molecular complexity index is 1120. The highest BCUT2D eigenvalue weighted by Crippen LogP contribution is 2.46. The van der Waals surface area contributed by atoms with E-state index in [1.807, 2.05) is 48.5 Å². The Labute approximate surface area is 190 Å². The molecule has 33 heavy (non-hydrogen) atoms. The summed E-state index contributed by atoms with van der Waals surface area (Å²) in [6.07, 6.45) is -4.64. The van der Waals surface area contributed by atoms with Crippen molar-refractivity contribution >= 4 is 11.6 Å². The molecule has 1 N–H and O–H groups in total. The van der Waals surface area contributed by atoms with Crippen molar-refractivity contribution in [2.45, 2.75) is 30.9 Å². The van der Waals surface area contributed by atoms with Gasteiger partial charge in [0.15, 0.2) is 6.23 Å². The zero-order chi connectivity index (χ0) is 23.0. The van der Waals surface area contributed by atoms with Crippen molar-refractivity contribution in [3.63, 3.8) is 0 Å². The zero-order valence-electron chi connectivity index (χ0n) is 17.7. The van der Waals surface area contributed by atoms with Crippen molar-refractivity contribution in [3.05, 3.63) is 102 Å². The van der Waals surface area contributed by atoms with Crippen LogP contribution >= 0.6 is 0 Å². The second-order valence-electron chi connectivity index (χ2n) is 8.41. The van der Waals surface area contributed by atoms with Crippen LogP contribution in [0.2, 0.25) is 0 Å². The molecular formula is C26H23F3N2O2. The van der Waals surface area contributed by atoms with Gasteiger partial charge in [0.05, 0.1) is 30.2 Å². The molecule has 2 saturated heterocycles. The van der Waals surface area contributed by atoms with Crippen molar-refractivity contribution in [3.8, 4) is 0 Å². The number of halogens is 3. The Hall–Kier alpha value is -3.32. The van der Waals surface area contributed by atoms with E-state index in [-0.39, 0.29) is 17.5 Å². The molecule has 5 rings (SSSR count). The van der Waals surface area contributed by atoms with Gasteiger partial charge in [-0.1, -0.05) is 66.7 Å². The van der Waals surface area contributed by atoms with Gasteiger partial charge >= 0.3 is 6.18 Å². The van der Waals surface area contributed by atoms with Gasteiger partial charge in [0.2, 0.25) is 5.91 Å².